The zero-order chi connectivity index (χ0) is 10.7. The predicted octanol–water partition coefficient (Wildman–Crippen LogP) is 3.20. The fraction of sp³-hybridized carbons (Fsp3) is 0.545. The predicted molar refractivity (Wildman–Crippen MR) is 78.2 cm³/mol. The van der Waals surface area contributed by atoms with Gasteiger partial charge in [-0.1, -0.05) is 11.6 Å². The Kier molecular flexibility index (Phi) is 7.37. The molecule has 1 aromatic heterocycles. The molecule has 3 nitrogen and oxygen atoms in total. The van der Waals surface area contributed by atoms with Crippen LogP contribution < -0.4 is 10.0 Å². The van der Waals surface area contributed by atoms with Crippen molar-refractivity contribution in [1.82, 2.24) is 15.0 Å². The van der Waals surface area contributed by atoms with Crippen molar-refractivity contribution in [2.24, 2.45) is 0 Å². The lowest BCUT2D eigenvalue weighted by molar-refractivity contribution is 0.173. The minimum atomic E-state index is 0. The maximum atomic E-state index is 5.80. The van der Waals surface area contributed by atoms with E-state index in [9.17, 15) is 0 Å². The lowest BCUT2D eigenvalue weighted by Crippen LogP contribution is -2.60. The standard InChI is InChI=1S/C11H17ClN3.2ClH/c1-13-15(7-3-2-4-8-15)10-5-6-11(12)14-9-10;;/h5-6,9,13H,2-4,7-8H2,1H3;2*1H/q+1;;. The molecule has 1 aliphatic rings. The molecule has 1 aliphatic heterocycles. The summed E-state index contributed by atoms with van der Waals surface area (Å²) in [6.07, 6.45) is 5.75. The zero-order valence-electron chi connectivity index (χ0n) is 9.86. The van der Waals surface area contributed by atoms with Crippen LogP contribution in [0.3, 0.4) is 0 Å². The van der Waals surface area contributed by atoms with Crippen molar-refractivity contribution in [3.05, 3.63) is 23.5 Å². The molecule has 0 bridgehead atoms. The number of hydrogen-bond acceptors (Lipinski definition) is 2. The van der Waals surface area contributed by atoms with Crippen LogP contribution in [0, 0.1) is 0 Å². The van der Waals surface area contributed by atoms with Gasteiger partial charge in [0.25, 0.3) is 0 Å². The van der Waals surface area contributed by atoms with Crippen LogP contribution in [0.5, 0.6) is 0 Å². The molecule has 0 aromatic carbocycles. The molecule has 0 radical (unpaired) electrons. The van der Waals surface area contributed by atoms with E-state index in [1.807, 2.05) is 19.3 Å². The third-order valence-electron chi connectivity index (χ3n) is 3.21. The molecule has 98 valence electrons. The summed E-state index contributed by atoms with van der Waals surface area (Å²) in [5.74, 6) is 0. The number of pyridine rings is 1. The highest BCUT2D eigenvalue weighted by Gasteiger charge is 2.31. The summed E-state index contributed by atoms with van der Waals surface area (Å²) in [6, 6.07) is 3.93. The number of nitrogens with zero attached hydrogens (tertiary/aromatic N) is 2. The van der Waals surface area contributed by atoms with Crippen LogP contribution in [0.4, 0.5) is 5.69 Å². The summed E-state index contributed by atoms with van der Waals surface area (Å²) in [5.41, 5.74) is 4.62. The van der Waals surface area contributed by atoms with E-state index in [4.69, 9.17) is 11.6 Å². The molecular weight excluding hydrogens is 281 g/mol. The maximum absolute atomic E-state index is 5.80. The highest BCUT2D eigenvalue weighted by Crippen LogP contribution is 2.25. The first-order valence-corrected chi connectivity index (χ1v) is 5.83. The summed E-state index contributed by atoms with van der Waals surface area (Å²) in [4.78, 5) is 4.16. The van der Waals surface area contributed by atoms with E-state index in [2.05, 4.69) is 16.5 Å². The van der Waals surface area contributed by atoms with Crippen LogP contribution in [0.25, 0.3) is 0 Å². The van der Waals surface area contributed by atoms with Crippen molar-refractivity contribution in [3.63, 3.8) is 0 Å². The van der Waals surface area contributed by atoms with Gasteiger partial charge in [0.1, 0.15) is 18.2 Å². The van der Waals surface area contributed by atoms with Gasteiger partial charge in [-0.05, 0) is 25.3 Å². The number of halogens is 3. The zero-order valence-corrected chi connectivity index (χ0v) is 12.2. The molecule has 0 saturated carbocycles. The van der Waals surface area contributed by atoms with Gasteiger partial charge in [0.05, 0.1) is 6.20 Å². The molecule has 1 fully saturated rings. The van der Waals surface area contributed by atoms with E-state index < -0.39 is 0 Å². The van der Waals surface area contributed by atoms with Gasteiger partial charge in [-0.2, -0.15) is 5.43 Å². The lowest BCUT2D eigenvalue weighted by atomic mass is 10.1. The van der Waals surface area contributed by atoms with Gasteiger partial charge in [0, 0.05) is 13.1 Å². The van der Waals surface area contributed by atoms with Crippen LogP contribution >= 0.6 is 36.4 Å². The summed E-state index contributed by atoms with van der Waals surface area (Å²) >= 11 is 5.80. The number of quaternary nitrogens is 1. The maximum Gasteiger partial charge on any atom is 0.170 e. The Balaban J connectivity index is 0.00000128. The first-order chi connectivity index (χ1) is 7.27. The third kappa shape index (κ3) is 3.70. The van der Waals surface area contributed by atoms with E-state index in [0.29, 0.717) is 5.15 Å². The van der Waals surface area contributed by atoms with Gasteiger partial charge < -0.3 is 0 Å². The lowest BCUT2D eigenvalue weighted by Gasteiger charge is -2.38. The summed E-state index contributed by atoms with van der Waals surface area (Å²) in [5, 5.41) is 0.560. The average molecular weight is 300 g/mol. The average Bonchev–Trinajstić information content (AvgIpc) is 2.31. The molecule has 2 rings (SSSR count). The third-order valence-corrected chi connectivity index (χ3v) is 3.44. The van der Waals surface area contributed by atoms with Crippen molar-refractivity contribution < 1.29 is 0 Å². The molecule has 17 heavy (non-hydrogen) atoms. The molecule has 1 N–H and O–H groups in total. The molecule has 0 aliphatic carbocycles. The van der Waals surface area contributed by atoms with E-state index in [1.54, 1.807) is 0 Å². The fourth-order valence-corrected chi connectivity index (χ4v) is 2.40. The van der Waals surface area contributed by atoms with E-state index >= 15 is 0 Å². The van der Waals surface area contributed by atoms with Crippen LogP contribution in [-0.2, 0) is 0 Å². The molecule has 0 unspecified atom stereocenters. The Hall–Kier alpha value is -0.0600. The molecule has 1 aromatic rings. The highest BCUT2D eigenvalue weighted by molar-refractivity contribution is 6.29. The second-order valence-corrected chi connectivity index (χ2v) is 4.43. The van der Waals surface area contributed by atoms with Crippen molar-refractivity contribution in [3.8, 4) is 0 Å². The molecular formula is C11H19Cl3N3+. The number of hydrogen-bond donors (Lipinski definition) is 1. The van der Waals surface area contributed by atoms with E-state index in [0.717, 1.165) is 17.7 Å². The summed E-state index contributed by atoms with van der Waals surface area (Å²) < 4.78 is 0.837. The minimum absolute atomic E-state index is 0. The quantitative estimate of drug-likeness (QED) is 0.670. The molecule has 0 spiro atoms. The Labute approximate surface area is 120 Å². The molecule has 0 amide bonds. The van der Waals surface area contributed by atoms with Crippen LogP contribution in [0.1, 0.15) is 19.3 Å². The normalized spacial score (nSPS) is 17.8. The minimum Gasteiger partial charge on any atom is -0.238 e. The van der Waals surface area contributed by atoms with Crippen molar-refractivity contribution in [2.45, 2.75) is 19.3 Å². The van der Waals surface area contributed by atoms with Crippen LogP contribution in [0.2, 0.25) is 5.15 Å². The fourth-order valence-electron chi connectivity index (χ4n) is 2.28. The largest absolute Gasteiger partial charge is 0.238 e. The summed E-state index contributed by atoms with van der Waals surface area (Å²) in [6.45, 7) is 2.28. The Morgan fingerprint density at radius 1 is 1.18 bits per heavy atom. The Bertz CT molecular complexity index is 323. The molecule has 2 heterocycles. The van der Waals surface area contributed by atoms with E-state index in [-0.39, 0.29) is 24.8 Å². The second-order valence-electron chi connectivity index (χ2n) is 4.04. The Morgan fingerprint density at radius 3 is 2.29 bits per heavy atom. The SMILES string of the molecule is CN[N+]1(c2ccc(Cl)nc2)CCCCC1.Cl.Cl. The topological polar surface area (TPSA) is 24.9 Å². The van der Waals surface area contributed by atoms with Crippen LogP contribution in [-0.4, -0.2) is 25.1 Å². The van der Waals surface area contributed by atoms with Gasteiger partial charge in [-0.25, -0.2) is 9.58 Å². The monoisotopic (exact) mass is 298 g/mol. The van der Waals surface area contributed by atoms with Gasteiger partial charge in [0.15, 0.2) is 5.69 Å². The Morgan fingerprint density at radius 2 is 1.82 bits per heavy atom. The smallest absolute Gasteiger partial charge is 0.170 e. The highest BCUT2D eigenvalue weighted by atomic mass is 35.5. The molecule has 6 heteroatoms. The second kappa shape index (κ2) is 7.39. The number of aromatic nitrogens is 1. The number of piperidine rings is 1. The summed E-state index contributed by atoms with van der Waals surface area (Å²) in [7, 11) is 2.01. The van der Waals surface area contributed by atoms with Gasteiger partial charge >= 0.3 is 0 Å². The van der Waals surface area contributed by atoms with Gasteiger partial charge in [-0.3, -0.25) is 0 Å². The number of nitrogens with one attached hydrogen (secondary N) is 1. The molecule has 0 atom stereocenters. The van der Waals surface area contributed by atoms with E-state index in [1.165, 1.54) is 24.9 Å². The number of rotatable bonds is 2. The van der Waals surface area contributed by atoms with Crippen molar-refractivity contribution >= 4 is 42.1 Å². The molecule has 1 saturated heterocycles. The van der Waals surface area contributed by atoms with Gasteiger partial charge in [-0.15, -0.1) is 24.8 Å². The first kappa shape index (κ1) is 16.9. The van der Waals surface area contributed by atoms with Crippen molar-refractivity contribution in [1.29, 1.82) is 0 Å². The van der Waals surface area contributed by atoms with Crippen LogP contribution in [0.15, 0.2) is 18.3 Å². The van der Waals surface area contributed by atoms with Crippen molar-refractivity contribution in [2.75, 3.05) is 20.1 Å². The first-order valence-electron chi connectivity index (χ1n) is 5.45. The van der Waals surface area contributed by atoms with Gasteiger partial charge in [0.2, 0.25) is 0 Å².